The number of hydrogen-bond donors (Lipinski definition) is 2. The minimum Gasteiger partial charge on any atom is -0.377 e. The van der Waals surface area contributed by atoms with Gasteiger partial charge in [-0.15, -0.1) is 0 Å². The zero-order valence-electron chi connectivity index (χ0n) is 17.4. The largest absolute Gasteiger partial charge is 0.377 e. The fraction of sp³-hybridized carbons (Fsp3) is 0.320. The molecule has 0 atom stereocenters. The van der Waals surface area contributed by atoms with Gasteiger partial charge in [-0.1, -0.05) is 60.7 Å². The zero-order chi connectivity index (χ0) is 20.9. The molecule has 0 spiro atoms. The Bertz CT molecular complexity index is 1050. The van der Waals surface area contributed by atoms with Gasteiger partial charge in [-0.2, -0.15) is 5.10 Å². The number of fused-ring (bicyclic) bond motifs is 1. The third-order valence-corrected chi connectivity index (χ3v) is 6.17. The fourth-order valence-electron chi connectivity index (χ4n) is 4.44. The zero-order valence-corrected chi connectivity index (χ0v) is 17.4. The lowest BCUT2D eigenvalue weighted by Gasteiger charge is -2.31. The number of rotatable bonds is 7. The molecule has 0 unspecified atom stereocenters. The number of anilines is 1. The van der Waals surface area contributed by atoms with Gasteiger partial charge in [0, 0.05) is 12.0 Å². The van der Waals surface area contributed by atoms with Gasteiger partial charge in [0.25, 0.3) is 0 Å². The van der Waals surface area contributed by atoms with Crippen molar-refractivity contribution in [3.8, 4) is 0 Å². The van der Waals surface area contributed by atoms with Crippen LogP contribution in [0.25, 0.3) is 11.0 Å². The lowest BCUT2D eigenvalue weighted by atomic mass is 9.91. The van der Waals surface area contributed by atoms with Crippen LogP contribution in [0.2, 0.25) is 0 Å². The van der Waals surface area contributed by atoms with E-state index in [-0.39, 0.29) is 5.92 Å². The number of aromatic nitrogens is 4. The van der Waals surface area contributed by atoms with Gasteiger partial charge in [-0.25, -0.2) is 9.97 Å². The number of H-pyrrole nitrogens is 1. The summed E-state index contributed by atoms with van der Waals surface area (Å²) in [7, 11) is 0. The van der Waals surface area contributed by atoms with Crippen LogP contribution in [0.5, 0.6) is 0 Å². The van der Waals surface area contributed by atoms with Crippen molar-refractivity contribution in [3.05, 3.63) is 84.3 Å². The molecule has 2 aromatic heterocycles. The maximum absolute atomic E-state index is 6.44. The molecule has 1 saturated carbocycles. The number of hydrogen-bond acceptors (Lipinski definition) is 5. The number of benzene rings is 2. The molecule has 0 bridgehead atoms. The normalized spacial score (nSPS) is 19.0. The highest BCUT2D eigenvalue weighted by Gasteiger charge is 2.24. The molecule has 0 aliphatic heterocycles. The molecule has 1 fully saturated rings. The van der Waals surface area contributed by atoms with Crippen LogP contribution in [0.3, 0.4) is 0 Å². The maximum atomic E-state index is 6.44. The average Bonchev–Trinajstić information content (AvgIpc) is 3.32. The van der Waals surface area contributed by atoms with E-state index in [9.17, 15) is 0 Å². The van der Waals surface area contributed by atoms with Gasteiger partial charge >= 0.3 is 0 Å². The van der Waals surface area contributed by atoms with Crippen LogP contribution in [0.15, 0.2) is 73.2 Å². The highest BCUT2D eigenvalue weighted by atomic mass is 16.5. The Morgan fingerprint density at radius 1 is 0.903 bits per heavy atom. The summed E-state index contributed by atoms with van der Waals surface area (Å²) in [5, 5.41) is 11.5. The van der Waals surface area contributed by atoms with Gasteiger partial charge in [-0.3, -0.25) is 5.10 Å². The molecule has 1 aliphatic rings. The van der Waals surface area contributed by atoms with Crippen LogP contribution in [0.4, 0.5) is 5.82 Å². The first-order chi connectivity index (χ1) is 15.4. The maximum Gasteiger partial charge on any atom is 0.160 e. The summed E-state index contributed by atoms with van der Waals surface area (Å²) in [5.41, 5.74) is 3.37. The molecule has 0 radical (unpaired) electrons. The lowest BCUT2D eigenvalue weighted by Crippen LogP contribution is -2.31. The van der Waals surface area contributed by atoms with Crippen molar-refractivity contribution >= 4 is 16.9 Å². The van der Waals surface area contributed by atoms with Crippen LogP contribution in [-0.4, -0.2) is 38.9 Å². The Labute approximate surface area is 182 Å². The molecule has 4 aromatic rings. The monoisotopic (exact) mass is 413 g/mol. The van der Waals surface area contributed by atoms with Crippen molar-refractivity contribution in [2.45, 2.75) is 43.7 Å². The minimum absolute atomic E-state index is 0.258. The molecule has 0 amide bonds. The van der Waals surface area contributed by atoms with Crippen molar-refractivity contribution in [2.75, 3.05) is 11.9 Å². The van der Waals surface area contributed by atoms with E-state index < -0.39 is 0 Å². The van der Waals surface area contributed by atoms with Crippen LogP contribution in [0, 0.1) is 0 Å². The molecule has 2 aromatic carbocycles. The highest BCUT2D eigenvalue weighted by Crippen LogP contribution is 2.29. The van der Waals surface area contributed by atoms with Gasteiger partial charge in [-0.05, 0) is 36.8 Å². The molecule has 0 saturated heterocycles. The van der Waals surface area contributed by atoms with E-state index in [1.165, 1.54) is 11.1 Å². The Hall–Kier alpha value is -3.25. The van der Waals surface area contributed by atoms with Crippen molar-refractivity contribution in [1.82, 2.24) is 20.2 Å². The summed E-state index contributed by atoms with van der Waals surface area (Å²) in [6.07, 6.45) is 7.88. The Kier molecular flexibility index (Phi) is 5.89. The summed E-state index contributed by atoms with van der Waals surface area (Å²) >= 11 is 0. The van der Waals surface area contributed by atoms with Gasteiger partial charge < -0.3 is 10.1 Å². The van der Waals surface area contributed by atoms with E-state index in [4.69, 9.17) is 4.74 Å². The van der Waals surface area contributed by atoms with Crippen molar-refractivity contribution in [2.24, 2.45) is 0 Å². The van der Waals surface area contributed by atoms with E-state index in [1.807, 2.05) is 0 Å². The summed E-state index contributed by atoms with van der Waals surface area (Å²) in [6, 6.07) is 21.7. The Morgan fingerprint density at radius 3 is 2.26 bits per heavy atom. The fourth-order valence-corrected chi connectivity index (χ4v) is 4.44. The van der Waals surface area contributed by atoms with Gasteiger partial charge in [0.2, 0.25) is 0 Å². The molecular weight excluding hydrogens is 386 g/mol. The minimum atomic E-state index is 0.258. The second kappa shape index (κ2) is 9.27. The van der Waals surface area contributed by atoms with Crippen LogP contribution >= 0.6 is 0 Å². The molecule has 5 rings (SSSR count). The third-order valence-electron chi connectivity index (χ3n) is 6.17. The molecule has 6 heteroatoms. The number of aromatic amines is 1. The van der Waals surface area contributed by atoms with Crippen molar-refractivity contribution in [3.63, 3.8) is 0 Å². The predicted molar refractivity (Wildman–Crippen MR) is 122 cm³/mol. The smallest absolute Gasteiger partial charge is 0.160 e. The second-order valence-corrected chi connectivity index (χ2v) is 8.18. The molecule has 31 heavy (non-hydrogen) atoms. The summed E-state index contributed by atoms with van der Waals surface area (Å²) in [6.45, 7) is 0.707. The second-order valence-electron chi connectivity index (χ2n) is 8.18. The highest BCUT2D eigenvalue weighted by molar-refractivity contribution is 5.85. The van der Waals surface area contributed by atoms with Crippen LogP contribution in [-0.2, 0) is 4.74 Å². The number of ether oxygens (including phenoxy) is 1. The number of nitrogens with one attached hydrogen (secondary N) is 2. The molecule has 2 heterocycles. The standard InChI is InChI=1S/C25H27N5O/c1-3-7-18(8-4-1)23(19-9-5-2-6-10-19)16-31-21-13-11-20(12-14-21)29-24-22-15-28-30-25(22)27-17-26-24/h1-10,15,17,20-21,23H,11-14,16H2,(H2,26,27,28,29,30)/t20-,21-. The summed E-state index contributed by atoms with van der Waals surface area (Å²) in [5.74, 6) is 1.12. The van der Waals surface area contributed by atoms with E-state index in [0.717, 1.165) is 42.5 Å². The molecule has 158 valence electrons. The first-order valence-electron chi connectivity index (χ1n) is 11.0. The van der Waals surface area contributed by atoms with Gasteiger partial charge in [0.15, 0.2) is 5.65 Å². The molecule has 2 N–H and O–H groups in total. The Morgan fingerprint density at radius 2 is 1.58 bits per heavy atom. The quantitative estimate of drug-likeness (QED) is 0.450. The van der Waals surface area contributed by atoms with E-state index >= 15 is 0 Å². The molecule has 1 aliphatic carbocycles. The van der Waals surface area contributed by atoms with E-state index in [1.54, 1.807) is 12.5 Å². The SMILES string of the molecule is c1ccc(C(CO[C@H]2CC[C@H](Nc3ncnc4[nH]ncc34)CC2)c2ccccc2)cc1. The third kappa shape index (κ3) is 4.59. The van der Waals surface area contributed by atoms with Gasteiger partial charge in [0.1, 0.15) is 12.1 Å². The van der Waals surface area contributed by atoms with E-state index in [2.05, 4.69) is 86.1 Å². The van der Waals surface area contributed by atoms with Gasteiger partial charge in [0.05, 0.1) is 24.3 Å². The lowest BCUT2D eigenvalue weighted by molar-refractivity contribution is 0.0224. The first kappa shape index (κ1) is 19.7. The average molecular weight is 414 g/mol. The van der Waals surface area contributed by atoms with Crippen LogP contribution < -0.4 is 5.32 Å². The van der Waals surface area contributed by atoms with Crippen LogP contribution in [0.1, 0.15) is 42.7 Å². The molecule has 6 nitrogen and oxygen atoms in total. The van der Waals surface area contributed by atoms with Crippen molar-refractivity contribution in [1.29, 1.82) is 0 Å². The topological polar surface area (TPSA) is 75.7 Å². The Balaban J connectivity index is 1.18. The summed E-state index contributed by atoms with van der Waals surface area (Å²) in [4.78, 5) is 8.61. The number of nitrogens with zero attached hydrogens (tertiary/aromatic N) is 3. The summed E-state index contributed by atoms with van der Waals surface area (Å²) < 4.78 is 6.44. The van der Waals surface area contributed by atoms with Crippen molar-refractivity contribution < 1.29 is 4.74 Å². The predicted octanol–water partition coefficient (Wildman–Crippen LogP) is 4.92. The molecular formula is C25H27N5O. The van der Waals surface area contributed by atoms with E-state index in [0.29, 0.717) is 18.8 Å². The first-order valence-corrected chi connectivity index (χ1v) is 11.0.